The standard InChI is InChI=1S/C14H28N2O3S/c1-12(11-20(2,18)19)16(13-8-9-13)14(17)7-5-3-4-6-10-15/h12-13H,3-11,15H2,1-2H3. The van der Waals surface area contributed by atoms with Gasteiger partial charge in [-0.05, 0) is 39.2 Å². The maximum Gasteiger partial charge on any atom is 0.223 e. The fourth-order valence-corrected chi connectivity index (χ4v) is 3.62. The molecule has 0 heterocycles. The highest BCUT2D eigenvalue weighted by Crippen LogP contribution is 2.30. The Morgan fingerprint density at radius 1 is 1.25 bits per heavy atom. The van der Waals surface area contributed by atoms with Crippen LogP contribution in [0.3, 0.4) is 0 Å². The molecule has 1 saturated carbocycles. The zero-order chi connectivity index (χ0) is 15.2. The summed E-state index contributed by atoms with van der Waals surface area (Å²) in [5.74, 6) is 0.166. The van der Waals surface area contributed by atoms with E-state index < -0.39 is 9.84 Å². The normalized spacial score (nSPS) is 16.9. The Hall–Kier alpha value is -0.620. The van der Waals surface area contributed by atoms with Gasteiger partial charge in [-0.1, -0.05) is 12.8 Å². The van der Waals surface area contributed by atoms with Crippen LogP contribution in [0.5, 0.6) is 0 Å². The van der Waals surface area contributed by atoms with Crippen molar-refractivity contribution in [1.29, 1.82) is 0 Å². The third-order valence-electron chi connectivity index (χ3n) is 3.59. The number of unbranched alkanes of at least 4 members (excludes halogenated alkanes) is 3. The van der Waals surface area contributed by atoms with Gasteiger partial charge in [0.25, 0.3) is 0 Å². The van der Waals surface area contributed by atoms with Crippen LogP contribution in [0.25, 0.3) is 0 Å². The Balaban J connectivity index is 2.43. The molecule has 1 atom stereocenters. The van der Waals surface area contributed by atoms with Crippen molar-refractivity contribution < 1.29 is 13.2 Å². The smallest absolute Gasteiger partial charge is 0.223 e. The molecule has 0 radical (unpaired) electrons. The lowest BCUT2D eigenvalue weighted by Gasteiger charge is -2.29. The molecule has 0 spiro atoms. The molecule has 1 unspecified atom stereocenters. The first-order valence-corrected chi connectivity index (χ1v) is 9.60. The molecule has 0 aliphatic heterocycles. The number of rotatable bonds is 10. The van der Waals surface area contributed by atoms with E-state index in [1.54, 1.807) is 0 Å². The van der Waals surface area contributed by atoms with Crippen molar-refractivity contribution in [2.75, 3.05) is 18.6 Å². The molecule has 1 aliphatic rings. The topological polar surface area (TPSA) is 80.5 Å². The SMILES string of the molecule is CC(CS(C)(=O)=O)N(C(=O)CCCCCCN)C1CC1. The van der Waals surface area contributed by atoms with Crippen molar-refractivity contribution in [3.63, 3.8) is 0 Å². The first-order valence-electron chi connectivity index (χ1n) is 7.54. The van der Waals surface area contributed by atoms with Gasteiger partial charge in [-0.25, -0.2) is 8.42 Å². The summed E-state index contributed by atoms with van der Waals surface area (Å²) in [6.07, 6.45) is 7.72. The Morgan fingerprint density at radius 3 is 2.35 bits per heavy atom. The van der Waals surface area contributed by atoms with Crippen molar-refractivity contribution >= 4 is 15.7 Å². The lowest BCUT2D eigenvalue weighted by atomic mass is 10.1. The number of carbonyl (C=O) groups excluding carboxylic acids is 1. The minimum atomic E-state index is -3.05. The van der Waals surface area contributed by atoms with E-state index in [9.17, 15) is 13.2 Å². The second-order valence-corrected chi connectivity index (χ2v) is 8.11. The van der Waals surface area contributed by atoms with Crippen LogP contribution in [0, 0.1) is 0 Å². The molecule has 20 heavy (non-hydrogen) atoms. The van der Waals surface area contributed by atoms with Crippen LogP contribution in [0.4, 0.5) is 0 Å². The van der Waals surface area contributed by atoms with Gasteiger partial charge >= 0.3 is 0 Å². The Labute approximate surface area is 122 Å². The second kappa shape index (κ2) is 7.98. The van der Waals surface area contributed by atoms with Crippen LogP contribution >= 0.6 is 0 Å². The molecule has 0 aromatic carbocycles. The third-order valence-corrected chi connectivity index (χ3v) is 4.68. The van der Waals surface area contributed by atoms with Gasteiger partial charge in [0, 0.05) is 24.8 Å². The summed E-state index contributed by atoms with van der Waals surface area (Å²) in [6, 6.07) is 0.0531. The monoisotopic (exact) mass is 304 g/mol. The molecule has 1 amide bonds. The summed E-state index contributed by atoms with van der Waals surface area (Å²) >= 11 is 0. The van der Waals surface area contributed by atoms with E-state index in [0.717, 1.165) is 38.5 Å². The number of sulfone groups is 1. The van der Waals surface area contributed by atoms with Crippen LogP contribution in [-0.4, -0.2) is 49.9 Å². The molecule has 118 valence electrons. The molecule has 0 aromatic rings. The number of hydrogen-bond acceptors (Lipinski definition) is 4. The van der Waals surface area contributed by atoms with E-state index in [1.807, 2.05) is 11.8 Å². The minimum absolute atomic E-state index is 0.0579. The third kappa shape index (κ3) is 6.70. The number of carbonyl (C=O) groups is 1. The van der Waals surface area contributed by atoms with Crippen LogP contribution in [0.15, 0.2) is 0 Å². The average molecular weight is 304 g/mol. The van der Waals surface area contributed by atoms with Gasteiger partial charge in [0.2, 0.25) is 5.91 Å². The highest BCUT2D eigenvalue weighted by molar-refractivity contribution is 7.90. The van der Waals surface area contributed by atoms with Gasteiger partial charge in [-0.15, -0.1) is 0 Å². The molecule has 5 nitrogen and oxygen atoms in total. The molecule has 1 aliphatic carbocycles. The van der Waals surface area contributed by atoms with E-state index in [1.165, 1.54) is 6.26 Å². The largest absolute Gasteiger partial charge is 0.336 e. The zero-order valence-electron chi connectivity index (χ0n) is 12.7. The first kappa shape index (κ1) is 17.4. The lowest BCUT2D eigenvalue weighted by Crippen LogP contribution is -2.43. The van der Waals surface area contributed by atoms with E-state index in [-0.39, 0.29) is 23.7 Å². The summed E-state index contributed by atoms with van der Waals surface area (Å²) in [7, 11) is -3.05. The molecular weight excluding hydrogens is 276 g/mol. The highest BCUT2D eigenvalue weighted by Gasteiger charge is 2.36. The Morgan fingerprint density at radius 2 is 1.85 bits per heavy atom. The molecule has 1 fully saturated rings. The van der Waals surface area contributed by atoms with Gasteiger partial charge in [-0.3, -0.25) is 4.79 Å². The molecular formula is C14H28N2O3S. The summed E-state index contributed by atoms with van der Waals surface area (Å²) in [4.78, 5) is 14.1. The number of amides is 1. The molecule has 6 heteroatoms. The van der Waals surface area contributed by atoms with E-state index in [4.69, 9.17) is 5.73 Å². The van der Waals surface area contributed by atoms with Crippen molar-refractivity contribution in [2.45, 2.75) is 64.0 Å². The molecule has 0 bridgehead atoms. The van der Waals surface area contributed by atoms with Gasteiger partial charge < -0.3 is 10.6 Å². The van der Waals surface area contributed by atoms with Gasteiger partial charge in [0.05, 0.1) is 5.75 Å². The molecule has 0 saturated heterocycles. The Bertz CT molecular complexity index is 405. The van der Waals surface area contributed by atoms with Gasteiger partial charge in [0.1, 0.15) is 9.84 Å². The van der Waals surface area contributed by atoms with Crippen molar-refractivity contribution in [2.24, 2.45) is 5.73 Å². The van der Waals surface area contributed by atoms with Crippen molar-refractivity contribution in [3.8, 4) is 0 Å². The van der Waals surface area contributed by atoms with Crippen molar-refractivity contribution in [1.82, 2.24) is 4.90 Å². The fraction of sp³-hybridized carbons (Fsp3) is 0.929. The summed E-state index contributed by atoms with van der Waals surface area (Å²) in [5.41, 5.74) is 5.43. The summed E-state index contributed by atoms with van der Waals surface area (Å²) < 4.78 is 22.8. The number of nitrogens with zero attached hydrogens (tertiary/aromatic N) is 1. The molecule has 0 aromatic heterocycles. The number of nitrogens with two attached hydrogens (primary N) is 1. The average Bonchev–Trinajstić information content (AvgIpc) is 3.11. The lowest BCUT2D eigenvalue weighted by molar-refractivity contribution is -0.133. The first-order chi connectivity index (χ1) is 9.35. The Kier molecular flexibility index (Phi) is 6.95. The molecule has 2 N–H and O–H groups in total. The van der Waals surface area contributed by atoms with E-state index in [2.05, 4.69) is 0 Å². The maximum absolute atomic E-state index is 12.3. The van der Waals surface area contributed by atoms with Crippen LogP contribution in [0.1, 0.15) is 51.9 Å². The van der Waals surface area contributed by atoms with E-state index in [0.29, 0.717) is 13.0 Å². The molecule has 1 rings (SSSR count). The van der Waals surface area contributed by atoms with Crippen LogP contribution in [-0.2, 0) is 14.6 Å². The predicted molar refractivity (Wildman–Crippen MR) is 81.2 cm³/mol. The maximum atomic E-state index is 12.3. The summed E-state index contributed by atoms with van der Waals surface area (Å²) in [6.45, 7) is 2.54. The van der Waals surface area contributed by atoms with Gasteiger partial charge in [0.15, 0.2) is 0 Å². The summed E-state index contributed by atoms with van der Waals surface area (Å²) in [5, 5.41) is 0. The second-order valence-electron chi connectivity index (χ2n) is 5.93. The predicted octanol–water partition coefficient (Wildman–Crippen LogP) is 1.32. The van der Waals surface area contributed by atoms with Crippen LogP contribution in [0.2, 0.25) is 0 Å². The highest BCUT2D eigenvalue weighted by atomic mass is 32.2. The quantitative estimate of drug-likeness (QED) is 0.617. The zero-order valence-corrected chi connectivity index (χ0v) is 13.5. The minimum Gasteiger partial charge on any atom is -0.336 e. The van der Waals surface area contributed by atoms with Crippen LogP contribution < -0.4 is 5.73 Å². The van der Waals surface area contributed by atoms with Crippen molar-refractivity contribution in [3.05, 3.63) is 0 Å². The number of hydrogen-bond donors (Lipinski definition) is 1. The van der Waals surface area contributed by atoms with E-state index >= 15 is 0 Å². The fourth-order valence-electron chi connectivity index (χ4n) is 2.58. The van der Waals surface area contributed by atoms with Gasteiger partial charge in [-0.2, -0.15) is 0 Å².